The Bertz CT molecular complexity index is 1200. The number of hydrogen-bond acceptors (Lipinski definition) is 8. The highest BCUT2D eigenvalue weighted by Gasteiger charge is 2.25. The fourth-order valence-electron chi connectivity index (χ4n) is 3.99. The summed E-state index contributed by atoms with van der Waals surface area (Å²) in [5, 5.41) is 3.97. The van der Waals surface area contributed by atoms with Crippen molar-refractivity contribution in [2.24, 2.45) is 7.05 Å². The molecule has 0 saturated carbocycles. The van der Waals surface area contributed by atoms with Gasteiger partial charge in [0, 0.05) is 84.6 Å². The van der Waals surface area contributed by atoms with Gasteiger partial charge in [-0.3, -0.25) is 14.6 Å². The molecule has 12 heteroatoms. The molecule has 0 amide bonds. The lowest BCUT2D eigenvalue weighted by Crippen LogP contribution is -2.49. The summed E-state index contributed by atoms with van der Waals surface area (Å²) in [4.78, 5) is 14.0. The van der Waals surface area contributed by atoms with E-state index in [0.717, 1.165) is 48.8 Å². The topological polar surface area (TPSA) is 96.7 Å². The standard InChI is InChI=1S/C23H31N7O3S.ClH/c1-27-17-21(16-26-27)34(31,32)28(2)10-11-29-12-14-30(15-13-29)23-22(24-8-9-25-23)20-6-4-19(5-7-20)18-33-3;/h4-9,16-17H,10-15,18H2,1-3H3;1H. The van der Waals surface area contributed by atoms with Gasteiger partial charge in [-0.15, -0.1) is 12.4 Å². The monoisotopic (exact) mass is 521 g/mol. The lowest BCUT2D eigenvalue weighted by atomic mass is 10.1. The van der Waals surface area contributed by atoms with Crippen LogP contribution in [0.2, 0.25) is 0 Å². The summed E-state index contributed by atoms with van der Waals surface area (Å²) in [6, 6.07) is 8.20. The highest BCUT2D eigenvalue weighted by atomic mass is 35.5. The quantitative estimate of drug-likeness (QED) is 0.421. The molecule has 0 bridgehead atoms. The second-order valence-electron chi connectivity index (χ2n) is 8.36. The number of hydrogen-bond donors (Lipinski definition) is 0. The third kappa shape index (κ3) is 6.36. The molecule has 4 rings (SSSR count). The molecular weight excluding hydrogens is 490 g/mol. The molecule has 2 aromatic heterocycles. The van der Waals surface area contributed by atoms with Crippen molar-refractivity contribution < 1.29 is 13.2 Å². The summed E-state index contributed by atoms with van der Waals surface area (Å²) in [6.07, 6.45) is 6.35. The van der Waals surface area contributed by atoms with Gasteiger partial charge in [0.1, 0.15) is 10.6 Å². The van der Waals surface area contributed by atoms with E-state index in [9.17, 15) is 8.42 Å². The van der Waals surface area contributed by atoms with Crippen LogP contribution in [-0.2, 0) is 28.4 Å². The van der Waals surface area contributed by atoms with Crippen molar-refractivity contribution in [3.63, 3.8) is 0 Å². The molecule has 0 unspecified atom stereocenters. The highest BCUT2D eigenvalue weighted by molar-refractivity contribution is 7.89. The minimum absolute atomic E-state index is 0. The van der Waals surface area contributed by atoms with Crippen LogP contribution in [0.1, 0.15) is 5.56 Å². The van der Waals surface area contributed by atoms with Gasteiger partial charge in [0.05, 0.1) is 12.8 Å². The molecule has 3 heterocycles. The van der Waals surface area contributed by atoms with E-state index < -0.39 is 10.0 Å². The first kappa shape index (κ1) is 27.0. The van der Waals surface area contributed by atoms with Gasteiger partial charge in [0.15, 0.2) is 5.82 Å². The molecule has 1 aromatic carbocycles. The van der Waals surface area contributed by atoms with E-state index in [1.165, 1.54) is 21.4 Å². The normalized spacial score (nSPS) is 14.8. The molecule has 35 heavy (non-hydrogen) atoms. The van der Waals surface area contributed by atoms with Crippen LogP contribution in [-0.4, -0.2) is 90.8 Å². The lowest BCUT2D eigenvalue weighted by Gasteiger charge is -2.36. The Hall–Kier alpha value is -2.57. The number of rotatable bonds is 9. The van der Waals surface area contributed by atoms with E-state index in [4.69, 9.17) is 4.74 Å². The van der Waals surface area contributed by atoms with Gasteiger partial charge in [0.25, 0.3) is 0 Å². The van der Waals surface area contributed by atoms with E-state index in [1.807, 2.05) is 12.1 Å². The Morgan fingerprint density at radius 1 is 1.06 bits per heavy atom. The fraction of sp³-hybridized carbons (Fsp3) is 0.435. The predicted molar refractivity (Wildman–Crippen MR) is 137 cm³/mol. The summed E-state index contributed by atoms with van der Waals surface area (Å²) >= 11 is 0. The molecule has 190 valence electrons. The van der Waals surface area contributed by atoms with Crippen LogP contribution in [0.15, 0.2) is 53.9 Å². The number of anilines is 1. The smallest absolute Gasteiger partial charge is 0.245 e. The molecular formula is C23H32ClN7O3S. The lowest BCUT2D eigenvalue weighted by molar-refractivity contribution is 0.185. The minimum Gasteiger partial charge on any atom is -0.380 e. The Morgan fingerprint density at radius 3 is 2.37 bits per heavy atom. The molecule has 0 atom stereocenters. The second kappa shape index (κ2) is 11.9. The van der Waals surface area contributed by atoms with Crippen LogP contribution in [0.3, 0.4) is 0 Å². The van der Waals surface area contributed by atoms with Crippen LogP contribution in [0.25, 0.3) is 11.3 Å². The van der Waals surface area contributed by atoms with Crippen molar-refractivity contribution in [3.05, 3.63) is 54.6 Å². The number of likely N-dealkylation sites (N-methyl/N-ethyl adjacent to an activating group) is 1. The van der Waals surface area contributed by atoms with E-state index in [0.29, 0.717) is 19.7 Å². The molecule has 10 nitrogen and oxygen atoms in total. The van der Waals surface area contributed by atoms with Gasteiger partial charge in [-0.2, -0.15) is 9.40 Å². The Morgan fingerprint density at radius 2 is 1.74 bits per heavy atom. The first-order chi connectivity index (χ1) is 16.4. The highest BCUT2D eigenvalue weighted by Crippen LogP contribution is 2.27. The zero-order valence-electron chi connectivity index (χ0n) is 20.2. The predicted octanol–water partition coefficient (Wildman–Crippen LogP) is 1.89. The van der Waals surface area contributed by atoms with Crippen molar-refractivity contribution >= 4 is 28.2 Å². The number of piperazine rings is 1. The summed E-state index contributed by atoms with van der Waals surface area (Å²) < 4.78 is 33.5. The maximum Gasteiger partial charge on any atom is 0.245 e. The molecule has 1 fully saturated rings. The number of nitrogens with zero attached hydrogens (tertiary/aromatic N) is 7. The second-order valence-corrected chi connectivity index (χ2v) is 10.4. The number of aryl methyl sites for hydroxylation is 1. The number of ether oxygens (including phenoxy) is 1. The van der Waals surface area contributed by atoms with Crippen LogP contribution in [0.5, 0.6) is 0 Å². The fourth-order valence-corrected chi connectivity index (χ4v) is 5.14. The van der Waals surface area contributed by atoms with Crippen molar-refractivity contribution in [3.8, 4) is 11.3 Å². The number of halogens is 1. The summed E-state index contributed by atoms with van der Waals surface area (Å²) in [5.41, 5.74) is 3.00. The van der Waals surface area contributed by atoms with E-state index in [2.05, 4.69) is 37.0 Å². The molecule has 1 saturated heterocycles. The van der Waals surface area contributed by atoms with E-state index in [-0.39, 0.29) is 17.3 Å². The van der Waals surface area contributed by atoms with Gasteiger partial charge in [-0.1, -0.05) is 24.3 Å². The zero-order valence-corrected chi connectivity index (χ0v) is 21.9. The van der Waals surface area contributed by atoms with Crippen molar-refractivity contribution in [2.45, 2.75) is 11.5 Å². The molecule has 0 N–H and O–H groups in total. The maximum atomic E-state index is 12.7. The molecule has 0 spiro atoms. The van der Waals surface area contributed by atoms with Gasteiger partial charge in [-0.05, 0) is 5.56 Å². The molecule has 1 aliphatic rings. The first-order valence-corrected chi connectivity index (χ1v) is 12.6. The Balaban J connectivity index is 0.00000342. The van der Waals surface area contributed by atoms with Crippen LogP contribution in [0, 0.1) is 0 Å². The summed E-state index contributed by atoms with van der Waals surface area (Å²) in [6.45, 7) is 4.90. The number of benzene rings is 1. The minimum atomic E-state index is -3.53. The van der Waals surface area contributed by atoms with Crippen LogP contribution in [0.4, 0.5) is 5.82 Å². The van der Waals surface area contributed by atoms with E-state index >= 15 is 0 Å². The van der Waals surface area contributed by atoms with Crippen LogP contribution >= 0.6 is 12.4 Å². The third-order valence-corrected chi connectivity index (χ3v) is 7.82. The average Bonchev–Trinajstić information content (AvgIpc) is 3.31. The van der Waals surface area contributed by atoms with Gasteiger partial charge in [-0.25, -0.2) is 13.4 Å². The zero-order chi connectivity index (χ0) is 24.1. The van der Waals surface area contributed by atoms with Crippen molar-refractivity contribution in [2.75, 3.05) is 58.3 Å². The maximum absolute atomic E-state index is 12.7. The average molecular weight is 522 g/mol. The van der Waals surface area contributed by atoms with Gasteiger partial charge >= 0.3 is 0 Å². The van der Waals surface area contributed by atoms with Crippen molar-refractivity contribution in [1.29, 1.82) is 0 Å². The largest absolute Gasteiger partial charge is 0.380 e. The SMILES string of the molecule is COCc1ccc(-c2nccnc2N2CCN(CCN(C)S(=O)(=O)c3cnn(C)c3)CC2)cc1.Cl. The van der Waals surface area contributed by atoms with Gasteiger partial charge < -0.3 is 9.64 Å². The first-order valence-electron chi connectivity index (χ1n) is 11.2. The Labute approximate surface area is 213 Å². The molecule has 0 radical (unpaired) electrons. The van der Waals surface area contributed by atoms with Crippen LogP contribution < -0.4 is 4.90 Å². The number of sulfonamides is 1. The molecule has 1 aliphatic heterocycles. The molecule has 3 aromatic rings. The van der Waals surface area contributed by atoms with E-state index in [1.54, 1.807) is 33.6 Å². The summed E-state index contributed by atoms with van der Waals surface area (Å²) in [5.74, 6) is 0.873. The third-order valence-electron chi connectivity index (χ3n) is 6.01. The summed E-state index contributed by atoms with van der Waals surface area (Å²) in [7, 11) is 1.48. The number of methoxy groups -OCH3 is 1. The van der Waals surface area contributed by atoms with Gasteiger partial charge in [0.2, 0.25) is 10.0 Å². The van der Waals surface area contributed by atoms with Crippen molar-refractivity contribution in [1.82, 2.24) is 29.0 Å². The number of aromatic nitrogens is 4. The molecule has 0 aliphatic carbocycles. The Kier molecular flexibility index (Phi) is 9.20.